The summed E-state index contributed by atoms with van der Waals surface area (Å²) in [4.78, 5) is 14.6. The van der Waals surface area contributed by atoms with Crippen LogP contribution in [0.15, 0.2) is 18.3 Å². The van der Waals surface area contributed by atoms with E-state index in [9.17, 15) is 18.0 Å². The number of nitrogens with zero attached hydrogens (tertiary/aromatic N) is 1. The zero-order valence-electron chi connectivity index (χ0n) is 8.34. The molecule has 0 radical (unpaired) electrons. The van der Waals surface area contributed by atoms with Crippen LogP contribution in [-0.2, 0) is 4.79 Å². The molecule has 0 aromatic carbocycles. The summed E-state index contributed by atoms with van der Waals surface area (Å²) in [5, 5.41) is 2.07. The number of nitrogens with one attached hydrogen (secondary N) is 1. The van der Waals surface area contributed by atoms with Gasteiger partial charge in [-0.25, -0.2) is 4.98 Å². The summed E-state index contributed by atoms with van der Waals surface area (Å²) in [6.07, 6.45) is -4.81. The van der Waals surface area contributed by atoms with Gasteiger partial charge in [0.15, 0.2) is 0 Å². The number of hydrogen-bond donors (Lipinski definition) is 1. The largest absolute Gasteiger partial charge is 0.481 e. The second kappa shape index (κ2) is 4.82. The molecule has 0 spiro atoms. The van der Waals surface area contributed by atoms with Crippen molar-refractivity contribution in [3.05, 3.63) is 18.3 Å². The van der Waals surface area contributed by atoms with E-state index in [4.69, 9.17) is 4.74 Å². The molecule has 88 valence electrons. The third-order valence-electron chi connectivity index (χ3n) is 1.59. The molecular formula is C9H9F3N2O2. The van der Waals surface area contributed by atoms with E-state index >= 15 is 0 Å². The molecule has 0 aliphatic carbocycles. The molecule has 1 amide bonds. The lowest BCUT2D eigenvalue weighted by Crippen LogP contribution is -2.21. The predicted octanol–water partition coefficient (Wildman–Crippen LogP) is 1.98. The third-order valence-corrected chi connectivity index (χ3v) is 1.59. The molecule has 1 heterocycles. The van der Waals surface area contributed by atoms with Gasteiger partial charge in [0.25, 0.3) is 0 Å². The fraction of sp³-hybridized carbons (Fsp3) is 0.333. The van der Waals surface area contributed by atoms with Gasteiger partial charge in [-0.3, -0.25) is 4.79 Å². The monoisotopic (exact) mass is 234 g/mol. The molecule has 1 aromatic heterocycles. The number of halogens is 3. The van der Waals surface area contributed by atoms with Crippen LogP contribution in [0.25, 0.3) is 0 Å². The minimum absolute atomic E-state index is 0.190. The van der Waals surface area contributed by atoms with Gasteiger partial charge in [0.05, 0.1) is 19.0 Å². The van der Waals surface area contributed by atoms with Crippen LogP contribution in [0.2, 0.25) is 0 Å². The topological polar surface area (TPSA) is 51.2 Å². The molecule has 16 heavy (non-hydrogen) atoms. The van der Waals surface area contributed by atoms with Gasteiger partial charge in [0.1, 0.15) is 6.42 Å². The summed E-state index contributed by atoms with van der Waals surface area (Å²) in [6.45, 7) is 0. The first-order valence-electron chi connectivity index (χ1n) is 4.27. The standard InChI is InChI=1S/C9H9F3N2O2/c1-16-8-3-2-6(5-13-8)14-7(15)4-9(10,11)12/h2-3,5H,4H2,1H3,(H,14,15). The minimum Gasteiger partial charge on any atom is -0.481 e. The Hall–Kier alpha value is -1.79. The van der Waals surface area contributed by atoms with Gasteiger partial charge in [0, 0.05) is 6.07 Å². The van der Waals surface area contributed by atoms with E-state index < -0.39 is 18.5 Å². The highest BCUT2D eigenvalue weighted by atomic mass is 19.4. The Morgan fingerprint density at radius 3 is 2.62 bits per heavy atom. The SMILES string of the molecule is COc1ccc(NC(=O)CC(F)(F)F)cn1. The highest BCUT2D eigenvalue weighted by molar-refractivity contribution is 5.90. The van der Waals surface area contributed by atoms with Crippen molar-refractivity contribution in [1.29, 1.82) is 0 Å². The predicted molar refractivity (Wildman–Crippen MR) is 50.1 cm³/mol. The lowest BCUT2D eigenvalue weighted by atomic mass is 10.3. The number of rotatable bonds is 3. The van der Waals surface area contributed by atoms with E-state index in [2.05, 4.69) is 10.3 Å². The Morgan fingerprint density at radius 2 is 2.19 bits per heavy atom. The van der Waals surface area contributed by atoms with E-state index in [1.54, 1.807) is 0 Å². The first-order chi connectivity index (χ1) is 7.40. The lowest BCUT2D eigenvalue weighted by Gasteiger charge is -2.07. The Morgan fingerprint density at radius 1 is 1.50 bits per heavy atom. The maximum absolute atomic E-state index is 11.8. The summed E-state index contributed by atoms with van der Waals surface area (Å²) in [6, 6.07) is 2.84. The number of ether oxygens (including phenoxy) is 1. The molecule has 1 N–H and O–H groups in total. The van der Waals surface area contributed by atoms with Gasteiger partial charge in [-0.1, -0.05) is 0 Å². The van der Waals surface area contributed by atoms with E-state index in [-0.39, 0.29) is 5.69 Å². The molecule has 0 fully saturated rings. The second-order valence-corrected chi connectivity index (χ2v) is 2.93. The van der Waals surface area contributed by atoms with Crippen molar-refractivity contribution in [1.82, 2.24) is 4.98 Å². The zero-order valence-corrected chi connectivity index (χ0v) is 8.34. The molecule has 7 heteroatoms. The zero-order chi connectivity index (χ0) is 12.2. The van der Waals surface area contributed by atoms with Crippen LogP contribution >= 0.6 is 0 Å². The second-order valence-electron chi connectivity index (χ2n) is 2.93. The van der Waals surface area contributed by atoms with Crippen molar-refractivity contribution in [2.24, 2.45) is 0 Å². The number of carbonyl (C=O) groups excluding carboxylic acids is 1. The number of anilines is 1. The Balaban J connectivity index is 2.56. The van der Waals surface area contributed by atoms with Crippen LogP contribution < -0.4 is 10.1 Å². The van der Waals surface area contributed by atoms with Crippen molar-refractivity contribution in [3.63, 3.8) is 0 Å². The fourth-order valence-corrected chi connectivity index (χ4v) is 0.962. The van der Waals surface area contributed by atoms with Gasteiger partial charge in [-0.15, -0.1) is 0 Å². The van der Waals surface area contributed by atoms with E-state index in [0.717, 1.165) is 0 Å². The smallest absolute Gasteiger partial charge is 0.397 e. The van der Waals surface area contributed by atoms with Gasteiger partial charge >= 0.3 is 6.18 Å². The molecular weight excluding hydrogens is 225 g/mol. The highest BCUT2D eigenvalue weighted by Gasteiger charge is 2.31. The Kier molecular flexibility index (Phi) is 3.70. The average molecular weight is 234 g/mol. The average Bonchev–Trinajstić information content (AvgIpc) is 2.16. The van der Waals surface area contributed by atoms with E-state index in [1.165, 1.54) is 25.4 Å². The normalized spacial score (nSPS) is 11.0. The maximum Gasteiger partial charge on any atom is 0.397 e. The molecule has 0 aliphatic heterocycles. The van der Waals surface area contributed by atoms with Crippen molar-refractivity contribution >= 4 is 11.6 Å². The molecule has 0 saturated carbocycles. The molecule has 4 nitrogen and oxygen atoms in total. The van der Waals surface area contributed by atoms with Crippen LogP contribution in [0.5, 0.6) is 5.88 Å². The van der Waals surface area contributed by atoms with E-state index in [1.807, 2.05) is 0 Å². The van der Waals surface area contributed by atoms with Gasteiger partial charge in [-0.05, 0) is 6.07 Å². The van der Waals surface area contributed by atoms with Crippen molar-refractivity contribution in [2.45, 2.75) is 12.6 Å². The molecule has 0 unspecified atom stereocenters. The van der Waals surface area contributed by atoms with Crippen LogP contribution in [0.4, 0.5) is 18.9 Å². The molecule has 0 aliphatic rings. The number of alkyl halides is 3. The number of pyridine rings is 1. The Labute approximate surface area is 89.4 Å². The summed E-state index contributed by atoms with van der Waals surface area (Å²) < 4.78 is 40.2. The number of hydrogen-bond acceptors (Lipinski definition) is 3. The van der Waals surface area contributed by atoms with Crippen LogP contribution in [0.3, 0.4) is 0 Å². The third kappa shape index (κ3) is 4.16. The minimum atomic E-state index is -4.51. The van der Waals surface area contributed by atoms with Crippen molar-refractivity contribution < 1.29 is 22.7 Å². The fourth-order valence-electron chi connectivity index (χ4n) is 0.962. The van der Waals surface area contributed by atoms with Crippen LogP contribution in [0, 0.1) is 0 Å². The summed E-state index contributed by atoms with van der Waals surface area (Å²) in [7, 11) is 1.41. The molecule has 1 aromatic rings. The summed E-state index contributed by atoms with van der Waals surface area (Å²) in [5.74, 6) is -0.812. The number of methoxy groups -OCH3 is 1. The quantitative estimate of drug-likeness (QED) is 0.869. The number of carbonyl (C=O) groups is 1. The number of aromatic nitrogens is 1. The first-order valence-corrected chi connectivity index (χ1v) is 4.27. The van der Waals surface area contributed by atoms with Crippen molar-refractivity contribution in [2.75, 3.05) is 12.4 Å². The highest BCUT2D eigenvalue weighted by Crippen LogP contribution is 2.20. The molecule has 1 rings (SSSR count). The summed E-state index contributed by atoms with van der Waals surface area (Å²) >= 11 is 0. The molecule has 0 saturated heterocycles. The molecule has 0 atom stereocenters. The van der Waals surface area contributed by atoms with Crippen LogP contribution in [-0.4, -0.2) is 24.2 Å². The van der Waals surface area contributed by atoms with Crippen LogP contribution in [0.1, 0.15) is 6.42 Å². The number of amides is 1. The van der Waals surface area contributed by atoms with Gasteiger partial charge < -0.3 is 10.1 Å². The molecule has 0 bridgehead atoms. The summed E-state index contributed by atoms with van der Waals surface area (Å²) in [5.41, 5.74) is 0.190. The first kappa shape index (κ1) is 12.3. The van der Waals surface area contributed by atoms with E-state index in [0.29, 0.717) is 5.88 Å². The van der Waals surface area contributed by atoms with Crippen molar-refractivity contribution in [3.8, 4) is 5.88 Å². The Bertz CT molecular complexity index is 362. The maximum atomic E-state index is 11.8. The lowest BCUT2D eigenvalue weighted by molar-refractivity contribution is -0.150. The van der Waals surface area contributed by atoms with Gasteiger partial charge in [-0.2, -0.15) is 13.2 Å². The van der Waals surface area contributed by atoms with Gasteiger partial charge in [0.2, 0.25) is 11.8 Å².